The Morgan fingerprint density at radius 2 is 1.73 bits per heavy atom. The average Bonchev–Trinajstić information content (AvgIpc) is 3.07. The zero-order chi connectivity index (χ0) is 15.9. The van der Waals surface area contributed by atoms with Crippen LogP contribution in [0, 0.1) is 0 Å². The van der Waals surface area contributed by atoms with E-state index in [0.29, 0.717) is 3.63 Å². The number of benzene rings is 1. The average molecular weight is 372 g/mol. The predicted molar refractivity (Wildman–Crippen MR) is 94.9 cm³/mol. The van der Waals surface area contributed by atoms with Crippen LogP contribution in [0.15, 0.2) is 51.3 Å². The van der Waals surface area contributed by atoms with Gasteiger partial charge in [0.25, 0.3) is 0 Å². The van der Waals surface area contributed by atoms with E-state index in [9.17, 15) is 0 Å². The molecule has 0 heterocycles. The van der Waals surface area contributed by atoms with Crippen molar-refractivity contribution in [1.82, 2.24) is 0 Å². The molecule has 116 valence electrons. The molecule has 0 saturated carbocycles. The van der Waals surface area contributed by atoms with Crippen LogP contribution in [-0.2, 0) is 20.3 Å². The zero-order valence-corrected chi connectivity index (χ0v) is 17.0. The van der Waals surface area contributed by atoms with E-state index >= 15 is 0 Å². The summed E-state index contributed by atoms with van der Waals surface area (Å²) >= 11 is -2.61. The van der Waals surface area contributed by atoms with Gasteiger partial charge in [0, 0.05) is 0 Å². The fourth-order valence-corrected chi connectivity index (χ4v) is 21.6. The van der Waals surface area contributed by atoms with E-state index in [1.807, 2.05) is 3.28 Å². The Labute approximate surface area is 140 Å². The maximum absolute atomic E-state index is 2.61. The van der Waals surface area contributed by atoms with Gasteiger partial charge in [-0.25, -0.2) is 0 Å². The molecule has 0 radical (unpaired) electrons. The summed E-state index contributed by atoms with van der Waals surface area (Å²) in [5.41, 5.74) is 4.54. The summed E-state index contributed by atoms with van der Waals surface area (Å²) < 4.78 is 4.18. The van der Waals surface area contributed by atoms with Crippen LogP contribution >= 0.6 is 0 Å². The fourth-order valence-electron chi connectivity index (χ4n) is 4.96. The molecule has 1 heteroatoms. The zero-order valence-electron chi connectivity index (χ0n) is 14.6. The molecule has 2 aliphatic rings. The van der Waals surface area contributed by atoms with Gasteiger partial charge in [-0.3, -0.25) is 0 Å². The fraction of sp³-hybridized carbons (Fsp3) is 0.429. The molecule has 0 aliphatic heterocycles. The summed E-state index contributed by atoms with van der Waals surface area (Å²) in [5.74, 6) is 0. The number of hydrogen-bond donors (Lipinski definition) is 0. The van der Waals surface area contributed by atoms with Crippen molar-refractivity contribution in [2.24, 2.45) is 0 Å². The Hall–Kier alpha value is -0.677. The standard InChI is InChI=1S/C9H7.C6H7.2C3H7.Zr/c1-2-5-9-7-3-6-8(9)4-1;1-6-4-2-3-5-6;2*1-3-2;/h1-7H;4-5H,2H2,1H3;2*3H,1-2H3;. The molecule has 1 aromatic carbocycles. The van der Waals surface area contributed by atoms with Crippen LogP contribution in [0.3, 0.4) is 0 Å². The van der Waals surface area contributed by atoms with E-state index in [4.69, 9.17) is 0 Å². The molecular formula is C21H28Zr. The van der Waals surface area contributed by atoms with Gasteiger partial charge in [0.05, 0.1) is 0 Å². The monoisotopic (exact) mass is 370 g/mol. The molecule has 3 rings (SSSR count). The van der Waals surface area contributed by atoms with Gasteiger partial charge in [-0.15, -0.1) is 0 Å². The van der Waals surface area contributed by atoms with Crippen LogP contribution in [-0.4, -0.2) is 0 Å². The van der Waals surface area contributed by atoms with Crippen molar-refractivity contribution in [3.63, 3.8) is 0 Å². The molecule has 0 amide bonds. The third kappa shape index (κ3) is 2.37. The Kier molecular flexibility index (Phi) is 4.48. The van der Waals surface area contributed by atoms with E-state index in [1.54, 1.807) is 5.56 Å². The third-order valence-corrected chi connectivity index (χ3v) is 22.6. The summed E-state index contributed by atoms with van der Waals surface area (Å²) in [6.07, 6.45) is 11.1. The van der Waals surface area contributed by atoms with Gasteiger partial charge in [-0.2, -0.15) is 0 Å². The van der Waals surface area contributed by atoms with Gasteiger partial charge >= 0.3 is 141 Å². The van der Waals surface area contributed by atoms with Crippen LogP contribution in [0.25, 0.3) is 6.08 Å². The number of hydrogen-bond acceptors (Lipinski definition) is 0. The second kappa shape index (κ2) is 6.08. The Balaban J connectivity index is 2.16. The van der Waals surface area contributed by atoms with Crippen molar-refractivity contribution in [3.05, 3.63) is 62.5 Å². The molecule has 0 spiro atoms. The summed E-state index contributed by atoms with van der Waals surface area (Å²) in [5, 5.41) is 0. The van der Waals surface area contributed by atoms with Gasteiger partial charge in [-0.1, -0.05) is 0 Å². The molecule has 1 unspecified atom stereocenters. The SMILES string of the molecule is CC1=CC[C]([Zr]([CH](C)C)([CH](C)C)[CH]2C=Cc3ccccc32)=C1. The molecule has 0 N–H and O–H groups in total. The van der Waals surface area contributed by atoms with E-state index < -0.39 is 20.3 Å². The minimum absolute atomic E-state index is 0.705. The first-order chi connectivity index (χ1) is 10.5. The number of allylic oxidation sites excluding steroid dienone is 5. The van der Waals surface area contributed by atoms with Crippen molar-refractivity contribution in [2.45, 2.75) is 51.9 Å². The molecule has 0 nitrogen and oxygen atoms in total. The Morgan fingerprint density at radius 1 is 1.05 bits per heavy atom. The summed E-state index contributed by atoms with van der Waals surface area (Å²) in [6, 6.07) is 9.07. The molecule has 22 heavy (non-hydrogen) atoms. The molecule has 1 aromatic rings. The van der Waals surface area contributed by atoms with E-state index in [-0.39, 0.29) is 0 Å². The molecule has 0 bridgehead atoms. The first kappa shape index (κ1) is 16.2. The quantitative estimate of drug-likeness (QED) is 0.546. The minimum atomic E-state index is -2.61. The van der Waals surface area contributed by atoms with Gasteiger partial charge in [0.2, 0.25) is 0 Å². The van der Waals surface area contributed by atoms with Crippen molar-refractivity contribution in [1.29, 1.82) is 0 Å². The number of rotatable bonds is 4. The molecule has 0 aromatic heterocycles. The van der Waals surface area contributed by atoms with E-state index in [2.05, 4.69) is 83.2 Å². The second-order valence-electron chi connectivity index (χ2n) is 7.53. The van der Waals surface area contributed by atoms with Crippen LogP contribution in [0.5, 0.6) is 0 Å². The molecule has 0 fully saturated rings. The first-order valence-electron chi connectivity index (χ1n) is 8.62. The molecule has 2 aliphatic carbocycles. The van der Waals surface area contributed by atoms with Crippen molar-refractivity contribution < 1.29 is 20.3 Å². The van der Waals surface area contributed by atoms with Crippen molar-refractivity contribution in [3.8, 4) is 0 Å². The summed E-state index contributed by atoms with van der Waals surface area (Å²) in [4.78, 5) is 0. The Morgan fingerprint density at radius 3 is 2.32 bits per heavy atom. The van der Waals surface area contributed by atoms with Crippen LogP contribution < -0.4 is 0 Å². The van der Waals surface area contributed by atoms with Crippen LogP contribution in [0.1, 0.15) is 55.8 Å². The van der Waals surface area contributed by atoms with Gasteiger partial charge in [-0.05, 0) is 0 Å². The van der Waals surface area contributed by atoms with E-state index in [0.717, 1.165) is 7.25 Å². The Bertz CT molecular complexity index is 650. The summed E-state index contributed by atoms with van der Waals surface area (Å²) in [7, 11) is 0. The summed E-state index contributed by atoms with van der Waals surface area (Å²) in [6.45, 7) is 12.3. The molecule has 1 atom stereocenters. The van der Waals surface area contributed by atoms with Gasteiger partial charge < -0.3 is 0 Å². The maximum atomic E-state index is 2.55. The van der Waals surface area contributed by atoms with Gasteiger partial charge in [0.15, 0.2) is 0 Å². The van der Waals surface area contributed by atoms with E-state index in [1.165, 1.54) is 17.6 Å². The molecular weight excluding hydrogens is 343 g/mol. The second-order valence-corrected chi connectivity index (χ2v) is 20.9. The predicted octanol–water partition coefficient (Wildman–Crippen LogP) is 6.80. The molecule has 0 saturated heterocycles. The van der Waals surface area contributed by atoms with Crippen LogP contribution in [0.2, 0.25) is 7.25 Å². The van der Waals surface area contributed by atoms with Gasteiger partial charge in [0.1, 0.15) is 0 Å². The van der Waals surface area contributed by atoms with Crippen molar-refractivity contribution in [2.75, 3.05) is 0 Å². The third-order valence-electron chi connectivity index (χ3n) is 5.83. The van der Waals surface area contributed by atoms with Crippen molar-refractivity contribution >= 4 is 6.08 Å². The number of fused-ring (bicyclic) bond motifs is 1. The normalized spacial score (nSPS) is 20.6. The van der Waals surface area contributed by atoms with Crippen LogP contribution in [0.4, 0.5) is 0 Å². The topological polar surface area (TPSA) is 0 Å². The first-order valence-corrected chi connectivity index (χ1v) is 14.1.